The second-order valence-corrected chi connectivity index (χ2v) is 7.49. The molecule has 3 rings (SSSR count). The molecular weight excluding hydrogens is 402 g/mol. The molecule has 0 fully saturated rings. The molecule has 1 unspecified atom stereocenters. The molecule has 3 heterocycles. The Labute approximate surface area is 151 Å². The Kier molecular flexibility index (Phi) is 4.99. The van der Waals surface area contributed by atoms with Gasteiger partial charge < -0.3 is 4.84 Å². The Morgan fingerprint density at radius 1 is 1.48 bits per heavy atom. The van der Waals surface area contributed by atoms with Crippen molar-refractivity contribution in [2.24, 2.45) is 5.16 Å². The van der Waals surface area contributed by atoms with Crippen LogP contribution in [0.1, 0.15) is 18.2 Å². The quantitative estimate of drug-likeness (QED) is 0.756. The van der Waals surface area contributed by atoms with Gasteiger partial charge in [-0.05, 0) is 47.1 Å². The second kappa shape index (κ2) is 6.98. The maximum absolute atomic E-state index is 12.7. The van der Waals surface area contributed by atoms with Crippen LogP contribution in [0.2, 0.25) is 4.34 Å². The number of nitrogens with zero attached hydrogens (tertiary/aromatic N) is 3. The van der Waals surface area contributed by atoms with Crippen molar-refractivity contribution in [3.63, 3.8) is 0 Å². The van der Waals surface area contributed by atoms with Crippen LogP contribution < -0.4 is 4.90 Å². The van der Waals surface area contributed by atoms with Crippen LogP contribution in [0.4, 0.5) is 5.82 Å². The average molecular weight is 415 g/mol. The summed E-state index contributed by atoms with van der Waals surface area (Å²) in [6.45, 7) is 2.41. The van der Waals surface area contributed by atoms with Crippen LogP contribution in [-0.2, 0) is 9.63 Å². The molecule has 0 spiro atoms. The molecule has 120 valence electrons. The molecule has 0 saturated carbocycles. The summed E-state index contributed by atoms with van der Waals surface area (Å²) in [6, 6.07) is 7.34. The lowest BCUT2D eigenvalue weighted by Gasteiger charge is -2.22. The fourth-order valence-corrected chi connectivity index (χ4v) is 3.52. The number of hydrogen-bond donors (Lipinski definition) is 0. The van der Waals surface area contributed by atoms with E-state index in [-0.39, 0.29) is 5.91 Å². The lowest BCUT2D eigenvalue weighted by Crippen LogP contribution is -2.39. The van der Waals surface area contributed by atoms with Crippen molar-refractivity contribution >= 4 is 56.3 Å². The van der Waals surface area contributed by atoms with Crippen LogP contribution in [0.25, 0.3) is 0 Å². The first kappa shape index (κ1) is 16.4. The Morgan fingerprint density at radius 2 is 2.30 bits per heavy atom. The fourth-order valence-electron chi connectivity index (χ4n) is 2.26. The highest BCUT2D eigenvalue weighted by Gasteiger charge is 2.33. The van der Waals surface area contributed by atoms with Gasteiger partial charge in [0.2, 0.25) is 6.10 Å². The van der Waals surface area contributed by atoms with Crippen molar-refractivity contribution in [2.75, 3.05) is 11.4 Å². The highest BCUT2D eigenvalue weighted by molar-refractivity contribution is 9.10. The first-order chi connectivity index (χ1) is 11.1. The fraction of sp³-hybridized carbons (Fsp3) is 0.267. The molecule has 2 aromatic rings. The predicted molar refractivity (Wildman–Crippen MR) is 95.3 cm³/mol. The van der Waals surface area contributed by atoms with Crippen LogP contribution >= 0.6 is 38.9 Å². The van der Waals surface area contributed by atoms with E-state index in [0.29, 0.717) is 23.1 Å². The summed E-state index contributed by atoms with van der Waals surface area (Å²) in [5.74, 6) is 0.445. The number of oxime groups is 1. The van der Waals surface area contributed by atoms with Crippen LogP contribution in [0.5, 0.6) is 0 Å². The zero-order chi connectivity index (χ0) is 16.4. The number of thiophene rings is 1. The Hall–Kier alpha value is -1.44. The Balaban J connectivity index is 1.72. The van der Waals surface area contributed by atoms with E-state index in [0.717, 1.165) is 15.1 Å². The molecule has 0 aliphatic carbocycles. The first-order valence-corrected chi connectivity index (χ1v) is 8.98. The zero-order valence-electron chi connectivity index (χ0n) is 12.2. The molecule has 2 aromatic heterocycles. The van der Waals surface area contributed by atoms with E-state index < -0.39 is 6.10 Å². The lowest BCUT2D eigenvalue weighted by atomic mass is 10.1. The molecule has 1 amide bonds. The third-order valence-corrected chi connectivity index (χ3v) is 5.12. The molecule has 1 aliphatic rings. The van der Waals surface area contributed by atoms with E-state index >= 15 is 0 Å². The molecule has 23 heavy (non-hydrogen) atoms. The van der Waals surface area contributed by atoms with E-state index in [1.165, 1.54) is 11.3 Å². The largest absolute Gasteiger partial charge is 0.382 e. The van der Waals surface area contributed by atoms with Crippen molar-refractivity contribution < 1.29 is 9.63 Å². The monoisotopic (exact) mass is 413 g/mol. The van der Waals surface area contributed by atoms with Gasteiger partial charge in [-0.25, -0.2) is 4.98 Å². The zero-order valence-corrected chi connectivity index (χ0v) is 15.4. The number of halogens is 2. The third kappa shape index (κ3) is 3.57. The van der Waals surface area contributed by atoms with Gasteiger partial charge in [-0.1, -0.05) is 16.8 Å². The average Bonchev–Trinajstić information content (AvgIpc) is 3.18. The maximum atomic E-state index is 12.7. The normalized spacial score (nSPS) is 16.8. The second-order valence-electron chi connectivity index (χ2n) is 4.86. The summed E-state index contributed by atoms with van der Waals surface area (Å²) < 4.78 is 1.55. The first-order valence-electron chi connectivity index (χ1n) is 7.00. The number of likely N-dealkylation sites (N-methyl/N-ethyl adjacent to an activating group) is 1. The Bertz CT molecular complexity index is 747. The molecule has 1 atom stereocenters. The topological polar surface area (TPSA) is 54.8 Å². The van der Waals surface area contributed by atoms with E-state index in [1.54, 1.807) is 17.2 Å². The summed E-state index contributed by atoms with van der Waals surface area (Å²) in [6.07, 6.45) is 1.47. The summed E-state index contributed by atoms with van der Waals surface area (Å²) in [5.41, 5.74) is 0.750. The number of pyridine rings is 1. The van der Waals surface area contributed by atoms with Gasteiger partial charge in [-0.15, -0.1) is 11.3 Å². The van der Waals surface area contributed by atoms with Crippen LogP contribution in [-0.4, -0.2) is 29.3 Å². The van der Waals surface area contributed by atoms with E-state index in [2.05, 4.69) is 26.1 Å². The molecule has 0 radical (unpaired) electrons. The SMILES string of the molecule is CCN(C(=O)C1CC(c2ccc(Cl)s2)=NO1)c1ccc(Br)cn1. The number of hydrogen-bond acceptors (Lipinski definition) is 5. The van der Waals surface area contributed by atoms with Crippen LogP contribution in [0.3, 0.4) is 0 Å². The predicted octanol–water partition coefficient (Wildman–Crippen LogP) is 4.11. The van der Waals surface area contributed by atoms with E-state index in [4.69, 9.17) is 16.4 Å². The summed E-state index contributed by atoms with van der Waals surface area (Å²) >= 11 is 10.7. The number of amides is 1. The molecular formula is C15H13BrClN3O2S. The molecule has 8 heteroatoms. The highest BCUT2D eigenvalue weighted by atomic mass is 79.9. The Morgan fingerprint density at radius 3 is 2.91 bits per heavy atom. The highest BCUT2D eigenvalue weighted by Crippen LogP contribution is 2.27. The molecule has 0 N–H and O–H groups in total. The van der Waals surface area contributed by atoms with E-state index in [9.17, 15) is 4.79 Å². The van der Waals surface area contributed by atoms with Gasteiger partial charge in [0.15, 0.2) is 0 Å². The van der Waals surface area contributed by atoms with E-state index in [1.807, 2.05) is 25.1 Å². The minimum atomic E-state index is -0.628. The van der Waals surface area contributed by atoms with Crippen molar-refractivity contribution in [3.05, 3.63) is 44.1 Å². The van der Waals surface area contributed by atoms with Gasteiger partial charge in [0.1, 0.15) is 11.5 Å². The lowest BCUT2D eigenvalue weighted by molar-refractivity contribution is -0.128. The number of aromatic nitrogens is 1. The van der Waals surface area contributed by atoms with Gasteiger partial charge in [-0.2, -0.15) is 0 Å². The number of carbonyl (C=O) groups is 1. The van der Waals surface area contributed by atoms with Crippen molar-refractivity contribution in [1.29, 1.82) is 0 Å². The van der Waals surface area contributed by atoms with Crippen LogP contribution in [0, 0.1) is 0 Å². The molecule has 1 aliphatic heterocycles. The molecule has 0 saturated heterocycles. The minimum Gasteiger partial charge on any atom is -0.382 e. The van der Waals surface area contributed by atoms with Crippen molar-refractivity contribution in [2.45, 2.75) is 19.4 Å². The smallest absolute Gasteiger partial charge is 0.272 e. The van der Waals surface area contributed by atoms with Gasteiger partial charge >= 0.3 is 0 Å². The van der Waals surface area contributed by atoms with Gasteiger partial charge in [-0.3, -0.25) is 9.69 Å². The van der Waals surface area contributed by atoms with Gasteiger partial charge in [0, 0.05) is 23.6 Å². The number of rotatable bonds is 4. The maximum Gasteiger partial charge on any atom is 0.272 e. The van der Waals surface area contributed by atoms with Crippen LogP contribution in [0.15, 0.2) is 40.1 Å². The van der Waals surface area contributed by atoms with Crippen molar-refractivity contribution in [1.82, 2.24) is 4.98 Å². The third-order valence-electron chi connectivity index (χ3n) is 3.37. The molecule has 0 bridgehead atoms. The molecule has 0 aromatic carbocycles. The standard InChI is InChI=1S/C15H13BrClN3O2S/c1-2-20(14-6-3-9(16)8-18-14)15(21)11-7-10(19-22-11)12-4-5-13(17)23-12/h3-6,8,11H,2,7H2,1H3. The van der Waals surface area contributed by atoms with Crippen molar-refractivity contribution in [3.8, 4) is 0 Å². The minimum absolute atomic E-state index is 0.149. The summed E-state index contributed by atoms with van der Waals surface area (Å²) in [7, 11) is 0. The number of carbonyl (C=O) groups excluding carboxylic acids is 1. The van der Waals surface area contributed by atoms with Gasteiger partial charge in [0.05, 0.1) is 9.21 Å². The summed E-state index contributed by atoms with van der Waals surface area (Å²) in [5, 5.41) is 4.04. The molecule has 5 nitrogen and oxygen atoms in total. The number of anilines is 1. The van der Waals surface area contributed by atoms with Gasteiger partial charge in [0.25, 0.3) is 5.91 Å². The summed E-state index contributed by atoms with van der Waals surface area (Å²) in [4.78, 5) is 24.8.